The summed E-state index contributed by atoms with van der Waals surface area (Å²) < 4.78 is 40.1. The summed E-state index contributed by atoms with van der Waals surface area (Å²) in [5, 5.41) is 13.9. The van der Waals surface area contributed by atoms with Gasteiger partial charge in [-0.3, -0.25) is 9.69 Å². The minimum Gasteiger partial charge on any atom is -0.355 e. The molecule has 2 fully saturated rings. The van der Waals surface area contributed by atoms with Gasteiger partial charge in [0.1, 0.15) is 5.82 Å². The van der Waals surface area contributed by atoms with Crippen molar-refractivity contribution in [2.45, 2.75) is 51.7 Å². The Morgan fingerprint density at radius 3 is 2.47 bits per heavy atom. The topological polar surface area (TPSA) is 78.7 Å². The minimum absolute atomic E-state index is 0.0487. The lowest BCUT2D eigenvalue weighted by atomic mass is 9.95. The Bertz CT molecular complexity index is 931. The first-order valence-electron chi connectivity index (χ1n) is 11.3. The Kier molecular flexibility index (Phi) is 6.55. The number of nitrogens with one attached hydrogen (secondary N) is 1. The summed E-state index contributed by atoms with van der Waals surface area (Å²) in [5.41, 5.74) is 0.0487. The Hall–Kier alpha value is -2.43. The molecule has 0 saturated carbocycles. The van der Waals surface area contributed by atoms with Gasteiger partial charge in [0.2, 0.25) is 5.91 Å². The molecule has 11 heteroatoms. The smallest absolute Gasteiger partial charge is 0.355 e. The molecule has 1 atom stereocenters. The van der Waals surface area contributed by atoms with E-state index in [0.717, 1.165) is 23.5 Å². The normalized spacial score (nSPS) is 20.6. The number of amides is 1. The predicted molar refractivity (Wildman–Crippen MR) is 113 cm³/mol. The summed E-state index contributed by atoms with van der Waals surface area (Å²) in [6.45, 7) is 8.35. The van der Waals surface area contributed by atoms with E-state index in [1.807, 2.05) is 4.90 Å². The second-order valence-corrected chi connectivity index (χ2v) is 9.06. The molecular formula is C21H30F3N7O. The van der Waals surface area contributed by atoms with Crippen molar-refractivity contribution in [2.75, 3.05) is 37.6 Å². The van der Waals surface area contributed by atoms with Crippen LogP contribution in [0.4, 0.5) is 19.0 Å². The third-order valence-electron chi connectivity index (χ3n) is 6.71. The number of carbonyl (C=O) groups excluding carboxylic acids is 1. The van der Waals surface area contributed by atoms with E-state index < -0.39 is 12.0 Å². The average Bonchev–Trinajstić information content (AvgIpc) is 3.22. The monoisotopic (exact) mass is 453 g/mol. The molecule has 1 amide bonds. The third kappa shape index (κ3) is 4.97. The Labute approximate surface area is 185 Å². The fourth-order valence-electron chi connectivity index (χ4n) is 4.49. The molecular weight excluding hydrogens is 423 g/mol. The van der Waals surface area contributed by atoms with E-state index in [1.165, 1.54) is 18.9 Å². The van der Waals surface area contributed by atoms with E-state index in [1.54, 1.807) is 6.07 Å². The molecule has 4 heterocycles. The van der Waals surface area contributed by atoms with Gasteiger partial charge in [0.25, 0.3) is 5.82 Å². The molecule has 2 aromatic heterocycles. The molecule has 0 radical (unpaired) electrons. The number of fused-ring (bicyclic) bond motifs is 1. The van der Waals surface area contributed by atoms with Crippen LogP contribution in [0.5, 0.6) is 0 Å². The Morgan fingerprint density at radius 2 is 1.81 bits per heavy atom. The van der Waals surface area contributed by atoms with Crippen molar-refractivity contribution < 1.29 is 18.0 Å². The first kappa shape index (κ1) is 22.8. The molecule has 32 heavy (non-hydrogen) atoms. The summed E-state index contributed by atoms with van der Waals surface area (Å²) in [4.78, 5) is 17.0. The van der Waals surface area contributed by atoms with Gasteiger partial charge in [0.05, 0.1) is 0 Å². The van der Waals surface area contributed by atoms with Crippen LogP contribution in [0.1, 0.15) is 45.4 Å². The number of anilines is 1. The molecule has 4 rings (SSSR count). The summed E-state index contributed by atoms with van der Waals surface area (Å²) in [6, 6.07) is 3.44. The number of hydrogen-bond acceptors (Lipinski definition) is 6. The Morgan fingerprint density at radius 1 is 1.12 bits per heavy atom. The molecule has 2 aliphatic heterocycles. The molecule has 0 spiro atoms. The first-order valence-corrected chi connectivity index (χ1v) is 11.3. The van der Waals surface area contributed by atoms with Crippen LogP contribution in [-0.4, -0.2) is 69.4 Å². The first-order chi connectivity index (χ1) is 15.2. The minimum atomic E-state index is -4.63. The maximum absolute atomic E-state index is 13.1. The van der Waals surface area contributed by atoms with E-state index >= 15 is 0 Å². The number of hydrogen-bond donors (Lipinski definition) is 1. The molecule has 2 aromatic rings. The number of alkyl halides is 3. The number of carbonyl (C=O) groups is 1. The van der Waals surface area contributed by atoms with Gasteiger partial charge < -0.3 is 10.2 Å². The number of nitrogens with zero attached hydrogens (tertiary/aromatic N) is 6. The van der Waals surface area contributed by atoms with Crippen LogP contribution in [0.25, 0.3) is 5.65 Å². The summed E-state index contributed by atoms with van der Waals surface area (Å²) in [7, 11) is 0. The molecule has 0 bridgehead atoms. The SMILES string of the molecule is CC1CCN([C@H](C)CNC(=O)C2CCN(c3ccc4nnc(C(F)(F)F)n4n3)CC2)CC1. The number of piperidine rings is 2. The van der Waals surface area contributed by atoms with Crippen LogP contribution in [0.15, 0.2) is 12.1 Å². The quantitative estimate of drug-likeness (QED) is 0.750. The molecule has 0 aromatic carbocycles. The summed E-state index contributed by atoms with van der Waals surface area (Å²) in [5.74, 6) is 0.0293. The molecule has 0 unspecified atom stereocenters. The van der Waals surface area contributed by atoms with E-state index in [9.17, 15) is 18.0 Å². The zero-order chi connectivity index (χ0) is 22.9. The van der Waals surface area contributed by atoms with Crippen molar-refractivity contribution in [2.24, 2.45) is 11.8 Å². The highest BCUT2D eigenvalue weighted by Gasteiger charge is 2.38. The van der Waals surface area contributed by atoms with Crippen molar-refractivity contribution in [3.8, 4) is 0 Å². The third-order valence-corrected chi connectivity index (χ3v) is 6.71. The van der Waals surface area contributed by atoms with Crippen LogP contribution in [-0.2, 0) is 11.0 Å². The van der Waals surface area contributed by atoms with Crippen molar-refractivity contribution >= 4 is 17.4 Å². The van der Waals surface area contributed by atoms with Gasteiger partial charge in [-0.2, -0.15) is 17.7 Å². The van der Waals surface area contributed by atoms with E-state index in [4.69, 9.17) is 0 Å². The highest BCUT2D eigenvalue weighted by atomic mass is 19.4. The molecule has 2 saturated heterocycles. The van der Waals surface area contributed by atoms with Crippen molar-refractivity contribution in [3.63, 3.8) is 0 Å². The molecule has 0 aliphatic carbocycles. The molecule has 8 nitrogen and oxygen atoms in total. The van der Waals surface area contributed by atoms with Crippen LogP contribution < -0.4 is 10.2 Å². The maximum atomic E-state index is 13.1. The fraction of sp³-hybridized carbons (Fsp3) is 0.714. The fourth-order valence-corrected chi connectivity index (χ4v) is 4.49. The molecule has 1 N–H and O–H groups in total. The van der Waals surface area contributed by atoms with Gasteiger partial charge >= 0.3 is 6.18 Å². The van der Waals surface area contributed by atoms with Crippen LogP contribution in [0, 0.1) is 11.8 Å². The predicted octanol–water partition coefficient (Wildman–Crippen LogP) is 2.60. The number of likely N-dealkylation sites (tertiary alicyclic amines) is 1. The average molecular weight is 454 g/mol. The van der Waals surface area contributed by atoms with Gasteiger partial charge in [-0.05, 0) is 63.7 Å². The van der Waals surface area contributed by atoms with Gasteiger partial charge in [-0.25, -0.2) is 0 Å². The van der Waals surface area contributed by atoms with Gasteiger partial charge in [-0.1, -0.05) is 6.92 Å². The van der Waals surface area contributed by atoms with Crippen molar-refractivity contribution in [1.82, 2.24) is 30.0 Å². The molecule has 176 valence electrons. The summed E-state index contributed by atoms with van der Waals surface area (Å²) in [6.07, 6.45) is -0.947. The molecule has 2 aliphatic rings. The van der Waals surface area contributed by atoms with E-state index in [-0.39, 0.29) is 17.5 Å². The van der Waals surface area contributed by atoms with Gasteiger partial charge in [0.15, 0.2) is 5.65 Å². The maximum Gasteiger partial charge on any atom is 0.453 e. The van der Waals surface area contributed by atoms with Gasteiger partial charge in [-0.15, -0.1) is 15.3 Å². The standard InChI is InChI=1S/C21H30F3N7O/c1-14-5-9-29(10-6-14)15(2)13-25-19(32)16-7-11-30(12-8-16)18-4-3-17-26-27-20(21(22,23)24)31(17)28-18/h3-4,14-16H,5-13H2,1-2H3,(H,25,32)/t15-/m1/s1. The lowest BCUT2D eigenvalue weighted by Crippen LogP contribution is -2.47. The Balaban J connectivity index is 1.29. The zero-order valence-electron chi connectivity index (χ0n) is 18.5. The lowest BCUT2D eigenvalue weighted by Gasteiger charge is -2.35. The van der Waals surface area contributed by atoms with Crippen molar-refractivity contribution in [3.05, 3.63) is 18.0 Å². The van der Waals surface area contributed by atoms with Crippen LogP contribution >= 0.6 is 0 Å². The highest BCUT2D eigenvalue weighted by molar-refractivity contribution is 5.79. The number of rotatable bonds is 5. The van der Waals surface area contributed by atoms with Crippen LogP contribution in [0.3, 0.4) is 0 Å². The number of aromatic nitrogens is 4. The van der Waals surface area contributed by atoms with Gasteiger partial charge in [0, 0.05) is 31.6 Å². The number of halogens is 3. The largest absolute Gasteiger partial charge is 0.453 e. The summed E-state index contributed by atoms with van der Waals surface area (Å²) >= 11 is 0. The zero-order valence-corrected chi connectivity index (χ0v) is 18.5. The highest BCUT2D eigenvalue weighted by Crippen LogP contribution is 2.28. The van der Waals surface area contributed by atoms with Crippen molar-refractivity contribution in [1.29, 1.82) is 0 Å². The van der Waals surface area contributed by atoms with E-state index in [0.29, 0.717) is 44.3 Å². The second-order valence-electron chi connectivity index (χ2n) is 9.06. The van der Waals surface area contributed by atoms with Crippen LogP contribution in [0.2, 0.25) is 0 Å². The second kappa shape index (κ2) is 9.21. The van der Waals surface area contributed by atoms with E-state index in [2.05, 4.69) is 39.4 Å². The lowest BCUT2D eigenvalue weighted by molar-refractivity contribution is -0.146.